The van der Waals surface area contributed by atoms with Crippen LogP contribution in [0.25, 0.3) is 0 Å². The zero-order valence-corrected chi connectivity index (χ0v) is 15.6. The smallest absolute Gasteiger partial charge is 0.229 e. The van der Waals surface area contributed by atoms with Crippen molar-refractivity contribution in [3.05, 3.63) is 72.3 Å². The summed E-state index contributed by atoms with van der Waals surface area (Å²) < 4.78 is 1.72. The lowest BCUT2D eigenvalue weighted by atomic mass is 10.1. The number of aromatic nitrogens is 3. The number of anilines is 2. The van der Waals surface area contributed by atoms with Gasteiger partial charge in [-0.3, -0.25) is 9.59 Å². The van der Waals surface area contributed by atoms with Crippen LogP contribution in [0.5, 0.6) is 0 Å². The summed E-state index contributed by atoms with van der Waals surface area (Å²) in [5.41, 5.74) is 3.69. The molecule has 0 radical (unpaired) electrons. The summed E-state index contributed by atoms with van der Waals surface area (Å²) >= 11 is 0. The summed E-state index contributed by atoms with van der Waals surface area (Å²) in [5.74, 6) is -0.530. The molecule has 1 saturated heterocycles. The Morgan fingerprint density at radius 1 is 1.21 bits per heavy atom. The molecule has 7 heteroatoms. The van der Waals surface area contributed by atoms with E-state index in [4.69, 9.17) is 0 Å². The van der Waals surface area contributed by atoms with E-state index >= 15 is 0 Å². The highest BCUT2D eigenvalue weighted by atomic mass is 16.2. The van der Waals surface area contributed by atoms with Crippen molar-refractivity contribution in [2.75, 3.05) is 16.8 Å². The minimum absolute atomic E-state index is 0.0241. The van der Waals surface area contributed by atoms with Gasteiger partial charge in [0.05, 0.1) is 12.5 Å². The third-order valence-electron chi connectivity index (χ3n) is 4.85. The van der Waals surface area contributed by atoms with Gasteiger partial charge in [0, 0.05) is 24.3 Å². The van der Waals surface area contributed by atoms with Gasteiger partial charge < -0.3 is 10.2 Å². The van der Waals surface area contributed by atoms with Crippen LogP contribution in [0.3, 0.4) is 0 Å². The van der Waals surface area contributed by atoms with Gasteiger partial charge in [-0.15, -0.1) is 0 Å². The maximum absolute atomic E-state index is 12.7. The highest BCUT2D eigenvalue weighted by molar-refractivity contribution is 6.03. The van der Waals surface area contributed by atoms with Crippen LogP contribution in [0, 0.1) is 12.8 Å². The van der Waals surface area contributed by atoms with E-state index in [0.717, 1.165) is 16.8 Å². The molecule has 2 heterocycles. The summed E-state index contributed by atoms with van der Waals surface area (Å²) in [6, 6.07) is 15.4. The van der Waals surface area contributed by atoms with Gasteiger partial charge in [0.1, 0.15) is 12.7 Å². The maximum atomic E-state index is 12.7. The van der Waals surface area contributed by atoms with E-state index in [1.807, 2.05) is 55.5 Å². The summed E-state index contributed by atoms with van der Waals surface area (Å²) in [5, 5.41) is 7.03. The van der Waals surface area contributed by atoms with E-state index in [1.165, 1.54) is 6.33 Å². The normalized spacial score (nSPS) is 16.4. The van der Waals surface area contributed by atoms with Crippen LogP contribution in [-0.4, -0.2) is 33.1 Å². The van der Waals surface area contributed by atoms with Crippen LogP contribution < -0.4 is 10.2 Å². The molecule has 28 heavy (non-hydrogen) atoms. The molecule has 4 rings (SSSR count). The molecule has 1 aliphatic rings. The second-order valence-electron chi connectivity index (χ2n) is 7.02. The van der Waals surface area contributed by atoms with Crippen LogP contribution in [0.1, 0.15) is 17.5 Å². The topological polar surface area (TPSA) is 80.1 Å². The van der Waals surface area contributed by atoms with E-state index in [1.54, 1.807) is 15.9 Å². The fourth-order valence-corrected chi connectivity index (χ4v) is 3.35. The van der Waals surface area contributed by atoms with Gasteiger partial charge >= 0.3 is 0 Å². The van der Waals surface area contributed by atoms with Gasteiger partial charge in [-0.1, -0.05) is 29.8 Å². The van der Waals surface area contributed by atoms with Crippen molar-refractivity contribution in [2.45, 2.75) is 19.9 Å². The number of rotatable bonds is 5. The number of hydrogen-bond acceptors (Lipinski definition) is 4. The molecule has 0 bridgehead atoms. The van der Waals surface area contributed by atoms with Gasteiger partial charge in [-0.25, -0.2) is 9.67 Å². The molecule has 1 aromatic heterocycles. The Kier molecular flexibility index (Phi) is 4.89. The molecule has 2 amide bonds. The van der Waals surface area contributed by atoms with E-state index < -0.39 is 0 Å². The predicted octanol–water partition coefficient (Wildman–Crippen LogP) is 2.63. The van der Waals surface area contributed by atoms with Gasteiger partial charge in [-0.2, -0.15) is 5.10 Å². The Balaban J connectivity index is 1.41. The zero-order valence-electron chi connectivity index (χ0n) is 15.6. The van der Waals surface area contributed by atoms with Crippen molar-refractivity contribution in [3.63, 3.8) is 0 Å². The molecule has 1 fully saturated rings. The number of nitrogens with zero attached hydrogens (tertiary/aromatic N) is 4. The minimum atomic E-state index is -0.368. The molecule has 1 atom stereocenters. The average molecular weight is 375 g/mol. The Hall–Kier alpha value is -3.48. The van der Waals surface area contributed by atoms with Crippen LogP contribution >= 0.6 is 0 Å². The first-order valence-electron chi connectivity index (χ1n) is 9.18. The fraction of sp³-hybridized carbons (Fsp3) is 0.238. The molecule has 2 aromatic carbocycles. The zero-order chi connectivity index (χ0) is 19.5. The number of benzene rings is 2. The summed E-state index contributed by atoms with van der Waals surface area (Å²) in [6.07, 6.45) is 3.36. The van der Waals surface area contributed by atoms with Gasteiger partial charge in [0.2, 0.25) is 11.8 Å². The van der Waals surface area contributed by atoms with Gasteiger partial charge in [0.15, 0.2) is 0 Å². The largest absolute Gasteiger partial charge is 0.326 e. The quantitative estimate of drug-likeness (QED) is 0.743. The molecule has 7 nitrogen and oxygen atoms in total. The second kappa shape index (κ2) is 7.64. The lowest BCUT2D eigenvalue weighted by molar-refractivity contribution is -0.122. The Bertz CT molecular complexity index is 982. The first kappa shape index (κ1) is 17.9. The first-order chi connectivity index (χ1) is 13.6. The molecule has 3 aromatic rings. The summed E-state index contributed by atoms with van der Waals surface area (Å²) in [4.78, 5) is 30.7. The van der Waals surface area contributed by atoms with E-state index in [9.17, 15) is 9.59 Å². The third-order valence-corrected chi connectivity index (χ3v) is 4.85. The fourth-order valence-electron chi connectivity index (χ4n) is 3.35. The summed E-state index contributed by atoms with van der Waals surface area (Å²) in [6.45, 7) is 2.97. The van der Waals surface area contributed by atoms with Gasteiger partial charge in [-0.05, 0) is 36.8 Å². The maximum Gasteiger partial charge on any atom is 0.229 e. The first-order valence-corrected chi connectivity index (χ1v) is 9.18. The number of nitrogens with one attached hydrogen (secondary N) is 1. The average Bonchev–Trinajstić information content (AvgIpc) is 3.32. The number of aryl methyl sites for hydroxylation is 1. The van der Waals surface area contributed by atoms with Crippen LogP contribution in [0.2, 0.25) is 0 Å². The molecule has 0 saturated carbocycles. The van der Waals surface area contributed by atoms with Crippen LogP contribution in [0.15, 0.2) is 61.2 Å². The lowest BCUT2D eigenvalue weighted by Gasteiger charge is -2.17. The van der Waals surface area contributed by atoms with Crippen molar-refractivity contribution in [1.29, 1.82) is 0 Å². The number of carbonyl (C=O) groups excluding carboxylic acids is 2. The van der Waals surface area contributed by atoms with Crippen LogP contribution in [0.4, 0.5) is 11.4 Å². The predicted molar refractivity (Wildman–Crippen MR) is 106 cm³/mol. The molecular formula is C21H21N5O2. The van der Waals surface area contributed by atoms with E-state index in [-0.39, 0.29) is 24.2 Å². The highest BCUT2D eigenvalue weighted by Crippen LogP contribution is 2.26. The third kappa shape index (κ3) is 3.93. The molecule has 1 N–H and O–H groups in total. The molecular weight excluding hydrogens is 354 g/mol. The van der Waals surface area contributed by atoms with E-state index in [0.29, 0.717) is 18.8 Å². The monoisotopic (exact) mass is 375 g/mol. The second-order valence-corrected chi connectivity index (χ2v) is 7.02. The number of hydrogen-bond donors (Lipinski definition) is 1. The van der Waals surface area contributed by atoms with Crippen molar-refractivity contribution in [3.8, 4) is 0 Å². The highest BCUT2D eigenvalue weighted by Gasteiger charge is 2.35. The minimum Gasteiger partial charge on any atom is -0.326 e. The lowest BCUT2D eigenvalue weighted by Crippen LogP contribution is -2.28. The Morgan fingerprint density at radius 3 is 2.79 bits per heavy atom. The van der Waals surface area contributed by atoms with E-state index in [2.05, 4.69) is 15.4 Å². The Morgan fingerprint density at radius 2 is 2.04 bits per heavy atom. The van der Waals surface area contributed by atoms with Crippen molar-refractivity contribution >= 4 is 23.2 Å². The molecule has 0 spiro atoms. The molecule has 1 aliphatic heterocycles. The van der Waals surface area contributed by atoms with Crippen molar-refractivity contribution in [1.82, 2.24) is 14.8 Å². The summed E-state index contributed by atoms with van der Waals surface area (Å²) in [7, 11) is 0. The molecule has 0 aliphatic carbocycles. The van der Waals surface area contributed by atoms with Crippen molar-refractivity contribution < 1.29 is 9.59 Å². The molecule has 142 valence electrons. The Labute approximate surface area is 163 Å². The van der Waals surface area contributed by atoms with Gasteiger partial charge in [0.25, 0.3) is 0 Å². The number of carbonyl (C=O) groups is 2. The van der Waals surface area contributed by atoms with Crippen LogP contribution in [-0.2, 0) is 16.1 Å². The van der Waals surface area contributed by atoms with Crippen molar-refractivity contribution in [2.24, 2.45) is 5.92 Å². The standard InChI is InChI=1S/C21H21N5O2/c1-15-5-7-19(8-6-15)26-12-17(10-20(26)27)21(28)24-18-4-2-3-16(9-18)11-25-14-22-13-23-25/h2-9,13-14,17H,10-12H2,1H3,(H,24,28). The SMILES string of the molecule is Cc1ccc(N2CC(C(=O)Nc3cccc(Cn4cncn4)c3)CC2=O)cc1. The number of amides is 2. The molecule has 1 unspecified atom stereocenters.